The van der Waals surface area contributed by atoms with Crippen molar-refractivity contribution in [3.8, 4) is 0 Å². The second kappa shape index (κ2) is 2.58. The lowest BCUT2D eigenvalue weighted by molar-refractivity contribution is 0.474. The highest BCUT2D eigenvalue weighted by atomic mass is 19.1. The minimum Gasteiger partial charge on any atom is -0.258 e. The summed E-state index contributed by atoms with van der Waals surface area (Å²) in [5, 5.41) is 0. The summed E-state index contributed by atoms with van der Waals surface area (Å²) in [5.41, 5.74) is 1.46. The van der Waals surface area contributed by atoms with Crippen LogP contribution in [0.2, 0.25) is 0 Å². The first-order valence-electron chi connectivity index (χ1n) is 2.81. The van der Waals surface area contributed by atoms with Crippen LogP contribution in [0.25, 0.3) is 0 Å². The normalized spacial score (nSPS) is 9.56. The van der Waals surface area contributed by atoms with Gasteiger partial charge in [0.2, 0.25) is 0 Å². The Labute approximate surface area is 53.5 Å². The average molecular weight is 125 g/mol. The third kappa shape index (κ3) is 1.25. The first-order valence-corrected chi connectivity index (χ1v) is 2.81. The third-order valence-corrected chi connectivity index (χ3v) is 1.24. The molecule has 0 unspecified atom stereocenters. The minimum absolute atomic E-state index is 0.466. The van der Waals surface area contributed by atoms with E-state index in [0.717, 1.165) is 5.56 Å². The minimum atomic E-state index is -0.466. The lowest BCUT2D eigenvalue weighted by Gasteiger charge is -1.95. The van der Waals surface area contributed by atoms with Gasteiger partial charge in [-0.05, 0) is 18.6 Å². The Morgan fingerprint density at radius 2 is 2.44 bits per heavy atom. The number of aromatic nitrogens is 1. The van der Waals surface area contributed by atoms with Crippen LogP contribution in [-0.4, -0.2) is 4.98 Å². The maximum atomic E-state index is 11.9. The van der Waals surface area contributed by atoms with Crippen molar-refractivity contribution < 1.29 is 4.39 Å². The molecular weight excluding hydrogens is 117 g/mol. The molecule has 48 valence electrons. The van der Waals surface area contributed by atoms with Gasteiger partial charge in [-0.15, -0.1) is 0 Å². The van der Waals surface area contributed by atoms with Crippen LogP contribution in [-0.2, 0) is 6.67 Å². The molecule has 0 amide bonds. The first-order chi connectivity index (χ1) is 4.34. The standard InChI is InChI=1S/C7H8FN/c1-6-3-2-4-9-7(6)5-8/h2-4H,5H2,1H3. The molecule has 0 radical (unpaired) electrons. The Morgan fingerprint density at radius 1 is 1.67 bits per heavy atom. The van der Waals surface area contributed by atoms with Crippen molar-refractivity contribution in [3.63, 3.8) is 0 Å². The lowest BCUT2D eigenvalue weighted by Crippen LogP contribution is -1.87. The molecule has 0 fully saturated rings. The van der Waals surface area contributed by atoms with Crippen LogP contribution in [0, 0.1) is 6.92 Å². The van der Waals surface area contributed by atoms with Crippen molar-refractivity contribution in [2.45, 2.75) is 13.6 Å². The summed E-state index contributed by atoms with van der Waals surface area (Å²) in [6, 6.07) is 3.65. The van der Waals surface area contributed by atoms with Crippen LogP contribution < -0.4 is 0 Å². The number of pyridine rings is 1. The summed E-state index contributed by atoms with van der Waals surface area (Å²) >= 11 is 0. The Balaban J connectivity index is 3.01. The van der Waals surface area contributed by atoms with E-state index in [2.05, 4.69) is 4.98 Å². The fraction of sp³-hybridized carbons (Fsp3) is 0.286. The summed E-state index contributed by atoms with van der Waals surface area (Å²) in [7, 11) is 0. The summed E-state index contributed by atoms with van der Waals surface area (Å²) in [6.45, 7) is 1.38. The molecule has 0 saturated carbocycles. The van der Waals surface area contributed by atoms with E-state index in [1.165, 1.54) is 0 Å². The Hall–Kier alpha value is -0.920. The van der Waals surface area contributed by atoms with Gasteiger partial charge in [0, 0.05) is 6.20 Å². The fourth-order valence-corrected chi connectivity index (χ4v) is 0.658. The zero-order chi connectivity index (χ0) is 6.69. The summed E-state index contributed by atoms with van der Waals surface area (Å²) in [6.07, 6.45) is 1.60. The SMILES string of the molecule is Cc1cccnc1CF. The summed E-state index contributed by atoms with van der Waals surface area (Å²) in [4.78, 5) is 3.82. The van der Waals surface area contributed by atoms with Gasteiger partial charge in [-0.25, -0.2) is 4.39 Å². The van der Waals surface area contributed by atoms with Crippen molar-refractivity contribution in [3.05, 3.63) is 29.6 Å². The van der Waals surface area contributed by atoms with Gasteiger partial charge in [-0.1, -0.05) is 6.07 Å². The predicted molar refractivity (Wildman–Crippen MR) is 33.8 cm³/mol. The molecule has 1 heterocycles. The Bertz CT molecular complexity index is 198. The van der Waals surface area contributed by atoms with E-state index in [0.29, 0.717) is 5.69 Å². The van der Waals surface area contributed by atoms with Crippen LogP contribution in [0.4, 0.5) is 4.39 Å². The molecule has 0 aliphatic carbocycles. The number of aryl methyl sites for hydroxylation is 1. The highest BCUT2D eigenvalue weighted by molar-refractivity contribution is 5.16. The highest BCUT2D eigenvalue weighted by Gasteiger charge is 1.93. The number of hydrogen-bond donors (Lipinski definition) is 0. The van der Waals surface area contributed by atoms with E-state index in [9.17, 15) is 4.39 Å². The molecule has 2 heteroatoms. The van der Waals surface area contributed by atoms with E-state index in [1.54, 1.807) is 12.3 Å². The van der Waals surface area contributed by atoms with Crippen molar-refractivity contribution >= 4 is 0 Å². The summed E-state index contributed by atoms with van der Waals surface area (Å²) < 4.78 is 11.9. The molecule has 0 N–H and O–H groups in total. The maximum Gasteiger partial charge on any atom is 0.132 e. The van der Waals surface area contributed by atoms with Gasteiger partial charge in [0.1, 0.15) is 6.67 Å². The van der Waals surface area contributed by atoms with E-state index < -0.39 is 6.67 Å². The van der Waals surface area contributed by atoms with Crippen LogP contribution in [0.5, 0.6) is 0 Å². The van der Waals surface area contributed by atoms with Gasteiger partial charge in [-0.2, -0.15) is 0 Å². The third-order valence-electron chi connectivity index (χ3n) is 1.24. The van der Waals surface area contributed by atoms with Crippen molar-refractivity contribution in [1.29, 1.82) is 0 Å². The average Bonchev–Trinajstić information content (AvgIpc) is 1.89. The van der Waals surface area contributed by atoms with Crippen molar-refractivity contribution in [1.82, 2.24) is 4.98 Å². The van der Waals surface area contributed by atoms with E-state index in [-0.39, 0.29) is 0 Å². The Morgan fingerprint density at radius 3 is 2.89 bits per heavy atom. The lowest BCUT2D eigenvalue weighted by atomic mass is 10.2. The van der Waals surface area contributed by atoms with Crippen LogP contribution in [0.1, 0.15) is 11.3 Å². The second-order valence-corrected chi connectivity index (χ2v) is 1.90. The predicted octanol–water partition coefficient (Wildman–Crippen LogP) is 1.86. The van der Waals surface area contributed by atoms with Crippen LogP contribution in [0.15, 0.2) is 18.3 Å². The molecule has 1 nitrogen and oxygen atoms in total. The molecule has 9 heavy (non-hydrogen) atoms. The van der Waals surface area contributed by atoms with Gasteiger partial charge in [0.05, 0.1) is 5.69 Å². The fourth-order valence-electron chi connectivity index (χ4n) is 0.658. The molecule has 0 atom stereocenters. The number of alkyl halides is 1. The molecular formula is C7H8FN. The van der Waals surface area contributed by atoms with Gasteiger partial charge in [0.15, 0.2) is 0 Å². The molecule has 0 bridgehead atoms. The zero-order valence-electron chi connectivity index (χ0n) is 5.26. The van der Waals surface area contributed by atoms with Crippen LogP contribution in [0.3, 0.4) is 0 Å². The van der Waals surface area contributed by atoms with Gasteiger partial charge >= 0.3 is 0 Å². The van der Waals surface area contributed by atoms with E-state index in [4.69, 9.17) is 0 Å². The molecule has 0 aliphatic rings. The van der Waals surface area contributed by atoms with E-state index in [1.807, 2.05) is 13.0 Å². The van der Waals surface area contributed by atoms with Crippen molar-refractivity contribution in [2.75, 3.05) is 0 Å². The molecule has 1 aromatic heterocycles. The summed E-state index contributed by atoms with van der Waals surface area (Å²) in [5.74, 6) is 0. The van der Waals surface area contributed by atoms with Gasteiger partial charge in [-0.3, -0.25) is 4.98 Å². The van der Waals surface area contributed by atoms with E-state index >= 15 is 0 Å². The Kier molecular flexibility index (Phi) is 1.78. The second-order valence-electron chi connectivity index (χ2n) is 1.90. The van der Waals surface area contributed by atoms with Gasteiger partial charge in [0.25, 0.3) is 0 Å². The number of rotatable bonds is 1. The van der Waals surface area contributed by atoms with Gasteiger partial charge < -0.3 is 0 Å². The quantitative estimate of drug-likeness (QED) is 0.558. The molecule has 1 aromatic rings. The molecule has 0 aliphatic heterocycles. The monoisotopic (exact) mass is 125 g/mol. The highest BCUT2D eigenvalue weighted by Crippen LogP contribution is 2.03. The molecule has 0 saturated heterocycles. The van der Waals surface area contributed by atoms with Crippen molar-refractivity contribution in [2.24, 2.45) is 0 Å². The van der Waals surface area contributed by atoms with Crippen LogP contribution >= 0.6 is 0 Å². The molecule has 0 spiro atoms. The number of halogens is 1. The molecule has 1 rings (SSSR count). The topological polar surface area (TPSA) is 12.9 Å². The first kappa shape index (κ1) is 6.20. The molecule has 0 aromatic carbocycles. The smallest absolute Gasteiger partial charge is 0.132 e. The maximum absolute atomic E-state index is 11.9. The largest absolute Gasteiger partial charge is 0.258 e. The number of nitrogens with zero attached hydrogens (tertiary/aromatic N) is 1. The number of hydrogen-bond acceptors (Lipinski definition) is 1. The zero-order valence-corrected chi connectivity index (χ0v) is 5.26.